The van der Waals surface area contributed by atoms with Crippen molar-refractivity contribution in [1.82, 2.24) is 2.44 Å². The van der Waals surface area contributed by atoms with Gasteiger partial charge >= 0.3 is 0 Å². The zero-order valence-corrected chi connectivity index (χ0v) is 8.98. The molecule has 0 radical (unpaired) electrons. The lowest BCUT2D eigenvalue weighted by Gasteiger charge is -1.87. The van der Waals surface area contributed by atoms with E-state index >= 15 is 0 Å². The van der Waals surface area contributed by atoms with E-state index in [4.69, 9.17) is 0 Å². The Morgan fingerprint density at radius 2 is 1.50 bits per heavy atom. The van der Waals surface area contributed by atoms with E-state index in [1.807, 2.05) is 0 Å². The van der Waals surface area contributed by atoms with Crippen molar-refractivity contribution in [3.63, 3.8) is 0 Å². The molecule has 1 nitrogen and oxygen atoms in total. The van der Waals surface area contributed by atoms with Crippen molar-refractivity contribution in [2.75, 3.05) is 0 Å². The third-order valence-corrected chi connectivity index (χ3v) is 0. The molecule has 0 fully saturated rings. The molecule has 0 unspecified atom stereocenters. The molecule has 0 aliphatic rings. The van der Waals surface area contributed by atoms with Gasteiger partial charge in [0.15, 0.2) is 0 Å². The summed E-state index contributed by atoms with van der Waals surface area (Å²) in [6, 6.07) is 0. The summed E-state index contributed by atoms with van der Waals surface area (Å²) in [4.78, 5) is 0. The van der Waals surface area contributed by atoms with Gasteiger partial charge in [-0.3, -0.25) is 0 Å². The van der Waals surface area contributed by atoms with Crippen LogP contribution in [0.3, 0.4) is 0 Å². The van der Waals surface area contributed by atoms with Crippen LogP contribution < -0.4 is 0 Å². The van der Waals surface area contributed by atoms with Crippen molar-refractivity contribution in [2.45, 2.75) is 0 Å². The predicted molar refractivity (Wildman–Crippen MR) is 35.7 cm³/mol. The van der Waals surface area contributed by atoms with Crippen LogP contribution in [0.4, 0.5) is 0 Å². The first kappa shape index (κ1) is 5.12. The van der Waals surface area contributed by atoms with Crippen LogP contribution in [0, 0.1) is 0 Å². The van der Waals surface area contributed by atoms with Gasteiger partial charge in [-0.15, -0.1) is 0 Å². The average molecular weight is 203 g/mol. The summed E-state index contributed by atoms with van der Waals surface area (Å²) < 4.78 is 2.25. The van der Waals surface area contributed by atoms with Crippen molar-refractivity contribution < 1.29 is 0 Å². The maximum atomic E-state index is 2.30. The molecule has 0 aliphatic carbocycles. The second-order valence-electron chi connectivity index (χ2n) is 0.785. The van der Waals surface area contributed by atoms with E-state index in [9.17, 15) is 0 Å². The Bertz CT molecular complexity index is 10.8. The van der Waals surface area contributed by atoms with E-state index in [2.05, 4.69) is 25.3 Å². The summed E-state index contributed by atoms with van der Waals surface area (Å²) in [5, 5.41) is 0. The van der Waals surface area contributed by atoms with Crippen LogP contribution in [0.15, 0.2) is 0 Å². The average Bonchev–Trinajstić information content (AvgIpc) is 0.811. The Morgan fingerprint density at radius 1 is 1.50 bits per heavy atom. The summed E-state index contributed by atoms with van der Waals surface area (Å²) in [5.74, 6) is 0. The Kier molecular flexibility index (Phi) is 3.03. The number of hydrogen-bond acceptors (Lipinski definition) is 1. The largest absolute Gasteiger partial charge is 0.307 e. The van der Waals surface area contributed by atoms with Crippen molar-refractivity contribution in [1.29, 1.82) is 0 Å². The SMILES string of the molecule is [SiH3]N([SiH3])I. The van der Waals surface area contributed by atoms with Gasteiger partial charge in [-0.2, -0.15) is 0 Å². The molecule has 0 aromatic carbocycles. The number of halogens is 1. The van der Waals surface area contributed by atoms with E-state index in [1.54, 1.807) is 0 Å². The quantitative estimate of drug-likeness (QED) is 0.255. The van der Waals surface area contributed by atoms with Gasteiger partial charge in [-0.05, 0) is 0 Å². The molecule has 0 aromatic heterocycles. The third kappa shape index (κ3) is 11.2. The lowest BCUT2D eigenvalue weighted by atomic mass is 13.9. The highest BCUT2D eigenvalue weighted by Gasteiger charge is 1.62. The maximum Gasteiger partial charge on any atom is 0.0810 e. The van der Waals surface area contributed by atoms with Crippen LogP contribution >= 0.6 is 22.9 Å². The molecule has 0 saturated heterocycles. The van der Waals surface area contributed by atoms with Gasteiger partial charge < -0.3 is 2.44 Å². The van der Waals surface area contributed by atoms with Gasteiger partial charge in [0, 0.05) is 22.9 Å². The minimum Gasteiger partial charge on any atom is -0.307 e. The molecular weight excluding hydrogens is 197 g/mol. The summed E-state index contributed by atoms with van der Waals surface area (Å²) in [6.45, 7) is 0. The van der Waals surface area contributed by atoms with Crippen molar-refractivity contribution >= 4 is 43.7 Å². The van der Waals surface area contributed by atoms with Gasteiger partial charge in [0.2, 0.25) is 0 Å². The molecule has 0 bridgehead atoms. The highest BCUT2D eigenvalue weighted by atomic mass is 127. The van der Waals surface area contributed by atoms with Gasteiger partial charge in [0.05, 0.1) is 20.8 Å². The second-order valence-corrected chi connectivity index (χ2v) is 10.8. The van der Waals surface area contributed by atoms with E-state index in [-0.39, 0.29) is 0 Å². The number of rotatable bonds is 0. The Balaban J connectivity index is 2.32. The first-order valence-corrected chi connectivity index (χ1v) is 3.82. The highest BCUT2D eigenvalue weighted by molar-refractivity contribution is 14.1. The van der Waals surface area contributed by atoms with Crippen LogP contribution in [0.25, 0.3) is 0 Å². The van der Waals surface area contributed by atoms with Crippen LogP contribution in [-0.2, 0) is 0 Å². The fourth-order valence-corrected chi connectivity index (χ4v) is 0. The normalized spacial score (nSPS) is 10.5. The van der Waals surface area contributed by atoms with Gasteiger partial charge in [-0.1, -0.05) is 0 Å². The van der Waals surface area contributed by atoms with Crippen LogP contribution in [0.2, 0.25) is 0 Å². The Hall–Kier alpha value is 1.12. The van der Waals surface area contributed by atoms with E-state index in [0.29, 0.717) is 0 Å². The van der Waals surface area contributed by atoms with E-state index < -0.39 is 0 Å². The molecular formula is H6INSi2. The molecule has 0 rings (SSSR count). The van der Waals surface area contributed by atoms with Crippen LogP contribution in [-0.4, -0.2) is 23.3 Å². The predicted octanol–water partition coefficient (Wildman–Crippen LogP) is -1.80. The summed E-state index contributed by atoms with van der Waals surface area (Å²) in [5.41, 5.74) is 0. The number of hydrogen-bond donors (Lipinski definition) is 0. The highest BCUT2D eigenvalue weighted by Crippen LogP contribution is 1.76. The van der Waals surface area contributed by atoms with E-state index in [1.165, 1.54) is 20.8 Å². The lowest BCUT2D eigenvalue weighted by molar-refractivity contribution is 1.31. The Morgan fingerprint density at radius 3 is 1.50 bits per heavy atom. The molecule has 0 atom stereocenters. The molecule has 0 saturated carbocycles. The Labute approximate surface area is 46.3 Å². The molecule has 0 amide bonds. The molecule has 26 valence electrons. The zero-order chi connectivity index (χ0) is 3.58. The third-order valence-electron chi connectivity index (χ3n) is 0. The minimum atomic E-state index is 1.23. The van der Waals surface area contributed by atoms with Crippen molar-refractivity contribution in [3.8, 4) is 0 Å². The number of nitrogens with zero attached hydrogens (tertiary/aromatic N) is 1. The van der Waals surface area contributed by atoms with E-state index in [0.717, 1.165) is 0 Å². The molecule has 4 heavy (non-hydrogen) atoms. The zero-order valence-electron chi connectivity index (χ0n) is 2.83. The maximum absolute atomic E-state index is 2.30. The van der Waals surface area contributed by atoms with Crippen LogP contribution in [0.1, 0.15) is 0 Å². The summed E-state index contributed by atoms with van der Waals surface area (Å²) in [6.07, 6.45) is 0. The molecule has 4 heteroatoms. The molecule has 0 spiro atoms. The van der Waals surface area contributed by atoms with Crippen molar-refractivity contribution in [2.24, 2.45) is 0 Å². The standard InChI is InChI=1S/H6INSi2/c1-2(3)4/h3-4H3. The van der Waals surface area contributed by atoms with Gasteiger partial charge in [0.1, 0.15) is 0 Å². The fourth-order valence-electron chi connectivity index (χ4n) is 0. The van der Waals surface area contributed by atoms with Gasteiger partial charge in [0.25, 0.3) is 0 Å². The first-order valence-electron chi connectivity index (χ1n) is 1.06. The monoisotopic (exact) mass is 203 g/mol. The minimum absolute atomic E-state index is 1.23. The van der Waals surface area contributed by atoms with Crippen LogP contribution in [0.5, 0.6) is 0 Å². The summed E-state index contributed by atoms with van der Waals surface area (Å²) in [7, 11) is 2.46. The fraction of sp³-hybridized carbons (Fsp3) is 0. The molecule has 0 aromatic rings. The molecule has 0 aliphatic heterocycles. The molecule has 0 heterocycles. The smallest absolute Gasteiger partial charge is 0.0810 e. The first-order chi connectivity index (χ1) is 1.73. The topological polar surface area (TPSA) is 3.24 Å². The summed E-state index contributed by atoms with van der Waals surface area (Å²) >= 11 is 2.30. The second kappa shape index (κ2) is 2.37. The molecule has 0 N–H and O–H groups in total. The van der Waals surface area contributed by atoms with Crippen molar-refractivity contribution in [3.05, 3.63) is 0 Å². The van der Waals surface area contributed by atoms with Gasteiger partial charge in [-0.25, -0.2) is 0 Å². The lowest BCUT2D eigenvalue weighted by Crippen LogP contribution is -1.95.